The number of alkyl halides is 3. The van der Waals surface area contributed by atoms with Crippen LogP contribution in [0.5, 0.6) is 0 Å². The van der Waals surface area contributed by atoms with Crippen molar-refractivity contribution in [2.75, 3.05) is 0 Å². The Morgan fingerprint density at radius 1 is 1.00 bits per heavy atom. The zero-order chi connectivity index (χ0) is 18.4. The zero-order valence-electron chi connectivity index (χ0n) is 14.1. The molecule has 130 valence electrons. The molecule has 7 heteroatoms. The second-order valence-corrected chi connectivity index (χ2v) is 7.57. The molecule has 0 bridgehead atoms. The highest BCUT2D eigenvalue weighted by molar-refractivity contribution is 6.24. The van der Waals surface area contributed by atoms with E-state index in [1.165, 1.54) is 6.92 Å². The van der Waals surface area contributed by atoms with Crippen LogP contribution in [0, 0.1) is 10.8 Å². The normalized spacial score (nSPS) is 18.0. The molecule has 0 saturated carbocycles. The molecule has 0 radical (unpaired) electrons. The van der Waals surface area contributed by atoms with Gasteiger partial charge in [-0.15, -0.1) is 13.2 Å². The Kier molecular flexibility index (Phi) is 4.76. The van der Waals surface area contributed by atoms with Crippen LogP contribution in [-0.2, 0) is 14.3 Å². The van der Waals surface area contributed by atoms with Crippen molar-refractivity contribution in [1.29, 1.82) is 0 Å². The third kappa shape index (κ3) is 4.36. The number of ether oxygens (including phenoxy) is 1. The Balaban J connectivity index is 3.39. The second-order valence-electron chi connectivity index (χ2n) is 7.57. The fourth-order valence-electron chi connectivity index (χ4n) is 3.27. The maximum absolute atomic E-state index is 12.5. The lowest BCUT2D eigenvalue weighted by Gasteiger charge is -2.36. The molecule has 0 aromatic rings. The zero-order valence-corrected chi connectivity index (χ0v) is 14.1. The van der Waals surface area contributed by atoms with Gasteiger partial charge in [0.1, 0.15) is 5.70 Å². The van der Waals surface area contributed by atoms with Crippen LogP contribution in [-0.4, -0.2) is 17.9 Å². The number of allylic oxidation sites excluding steroid dienone is 2. The first-order chi connectivity index (χ1) is 10.1. The standard InChI is InChI=1S/C16H22F3NO3/c1-8-9(15(5,6)7-14(2,3)4)12(22)13(10(20)11(8)21)23-16(17,18)19/h7,20H2,1-6H3. The molecule has 0 heterocycles. The van der Waals surface area contributed by atoms with E-state index in [2.05, 4.69) is 4.74 Å². The van der Waals surface area contributed by atoms with Crippen molar-refractivity contribution in [3.05, 3.63) is 22.6 Å². The number of hydrogen-bond acceptors (Lipinski definition) is 4. The van der Waals surface area contributed by atoms with Crippen LogP contribution in [0.25, 0.3) is 0 Å². The van der Waals surface area contributed by atoms with Crippen LogP contribution in [0.4, 0.5) is 13.2 Å². The van der Waals surface area contributed by atoms with Gasteiger partial charge in [-0.2, -0.15) is 0 Å². The predicted molar refractivity (Wildman–Crippen MR) is 78.9 cm³/mol. The van der Waals surface area contributed by atoms with E-state index in [0.717, 1.165) is 0 Å². The van der Waals surface area contributed by atoms with Crippen molar-refractivity contribution in [1.82, 2.24) is 0 Å². The van der Waals surface area contributed by atoms with Gasteiger partial charge in [0.15, 0.2) is 0 Å². The van der Waals surface area contributed by atoms with Crippen LogP contribution < -0.4 is 5.73 Å². The molecule has 0 aromatic carbocycles. The number of ketones is 2. The molecule has 1 aliphatic rings. The fourth-order valence-corrected chi connectivity index (χ4v) is 3.27. The van der Waals surface area contributed by atoms with Crippen LogP contribution in [0.1, 0.15) is 48.0 Å². The summed E-state index contributed by atoms with van der Waals surface area (Å²) in [5.41, 5.74) is 3.67. The minimum atomic E-state index is -5.10. The molecular formula is C16H22F3NO3. The number of hydrogen-bond donors (Lipinski definition) is 1. The van der Waals surface area contributed by atoms with E-state index in [4.69, 9.17) is 5.73 Å². The van der Waals surface area contributed by atoms with E-state index in [9.17, 15) is 22.8 Å². The summed E-state index contributed by atoms with van der Waals surface area (Å²) in [6.45, 7) is 10.7. The molecule has 0 spiro atoms. The lowest BCUT2D eigenvalue weighted by atomic mass is 9.68. The van der Waals surface area contributed by atoms with E-state index in [1.54, 1.807) is 13.8 Å². The Morgan fingerprint density at radius 3 is 1.87 bits per heavy atom. The quantitative estimate of drug-likeness (QED) is 0.801. The van der Waals surface area contributed by atoms with E-state index >= 15 is 0 Å². The summed E-state index contributed by atoms with van der Waals surface area (Å²) < 4.78 is 41.3. The average molecular weight is 333 g/mol. The van der Waals surface area contributed by atoms with Crippen molar-refractivity contribution in [2.24, 2.45) is 16.6 Å². The Bertz CT molecular complexity index is 605. The summed E-state index contributed by atoms with van der Waals surface area (Å²) in [4.78, 5) is 24.7. The van der Waals surface area contributed by atoms with Crippen molar-refractivity contribution >= 4 is 11.6 Å². The summed E-state index contributed by atoms with van der Waals surface area (Å²) >= 11 is 0. The lowest BCUT2D eigenvalue weighted by molar-refractivity contribution is -0.304. The minimum absolute atomic E-state index is 0.0193. The first-order valence-electron chi connectivity index (χ1n) is 7.13. The third-order valence-electron chi connectivity index (χ3n) is 3.50. The number of Topliss-reactive ketones (excluding diaryl/α,β-unsaturated/α-hetero) is 2. The highest BCUT2D eigenvalue weighted by Crippen LogP contribution is 2.44. The lowest BCUT2D eigenvalue weighted by Crippen LogP contribution is -2.37. The van der Waals surface area contributed by atoms with Gasteiger partial charge >= 0.3 is 6.36 Å². The molecular weight excluding hydrogens is 311 g/mol. The van der Waals surface area contributed by atoms with Crippen molar-refractivity contribution < 1.29 is 27.5 Å². The summed E-state index contributed by atoms with van der Waals surface area (Å²) in [5, 5.41) is 0. The summed E-state index contributed by atoms with van der Waals surface area (Å²) in [7, 11) is 0. The number of halogens is 3. The van der Waals surface area contributed by atoms with E-state index in [1.807, 2.05) is 20.8 Å². The van der Waals surface area contributed by atoms with E-state index in [0.29, 0.717) is 6.42 Å². The molecule has 4 nitrogen and oxygen atoms in total. The molecule has 0 atom stereocenters. The highest BCUT2D eigenvalue weighted by Gasteiger charge is 2.45. The molecule has 0 fully saturated rings. The molecule has 0 aromatic heterocycles. The highest BCUT2D eigenvalue weighted by atomic mass is 19.4. The van der Waals surface area contributed by atoms with Gasteiger partial charge in [-0.3, -0.25) is 9.59 Å². The van der Waals surface area contributed by atoms with Gasteiger partial charge in [0.2, 0.25) is 17.3 Å². The molecule has 0 amide bonds. The second kappa shape index (κ2) is 5.69. The average Bonchev–Trinajstić information content (AvgIpc) is 2.27. The predicted octanol–water partition coefficient (Wildman–Crippen LogP) is 3.62. The van der Waals surface area contributed by atoms with E-state index in [-0.39, 0.29) is 16.6 Å². The number of rotatable bonds is 3. The minimum Gasteiger partial charge on any atom is -0.399 e. The first kappa shape index (κ1) is 19.3. The number of nitrogens with two attached hydrogens (primary N) is 1. The van der Waals surface area contributed by atoms with Crippen molar-refractivity contribution in [3.8, 4) is 0 Å². The van der Waals surface area contributed by atoms with Crippen LogP contribution in [0.3, 0.4) is 0 Å². The smallest absolute Gasteiger partial charge is 0.399 e. The summed E-state index contributed by atoms with van der Waals surface area (Å²) in [6, 6.07) is 0. The number of carbonyl (C=O) groups excluding carboxylic acids is 2. The monoisotopic (exact) mass is 333 g/mol. The largest absolute Gasteiger partial charge is 0.573 e. The third-order valence-corrected chi connectivity index (χ3v) is 3.50. The first-order valence-corrected chi connectivity index (χ1v) is 7.13. The molecule has 2 N–H and O–H groups in total. The van der Waals surface area contributed by atoms with Gasteiger partial charge in [0.05, 0.1) is 0 Å². The molecule has 0 unspecified atom stereocenters. The fraction of sp³-hybridized carbons (Fsp3) is 0.625. The molecule has 0 aliphatic heterocycles. The van der Waals surface area contributed by atoms with Gasteiger partial charge in [-0.1, -0.05) is 34.6 Å². The summed E-state index contributed by atoms with van der Waals surface area (Å²) in [5.74, 6) is -2.92. The van der Waals surface area contributed by atoms with Crippen LogP contribution in [0.2, 0.25) is 0 Å². The molecule has 23 heavy (non-hydrogen) atoms. The van der Waals surface area contributed by atoms with Crippen LogP contribution >= 0.6 is 0 Å². The van der Waals surface area contributed by atoms with Crippen molar-refractivity contribution in [3.63, 3.8) is 0 Å². The SMILES string of the molecule is CC1=C(C(C)(C)CC(C)(C)C)C(=O)C(OC(F)(F)F)=C(N)C1=O. The molecule has 1 aliphatic carbocycles. The maximum atomic E-state index is 12.5. The van der Waals surface area contributed by atoms with Gasteiger partial charge in [0.25, 0.3) is 0 Å². The Morgan fingerprint density at radius 2 is 1.48 bits per heavy atom. The van der Waals surface area contributed by atoms with Gasteiger partial charge in [0, 0.05) is 11.1 Å². The molecule has 0 saturated heterocycles. The van der Waals surface area contributed by atoms with Crippen molar-refractivity contribution in [2.45, 2.75) is 54.3 Å². The summed E-state index contributed by atoms with van der Waals surface area (Å²) in [6.07, 6.45) is -4.61. The van der Waals surface area contributed by atoms with Gasteiger partial charge in [-0.05, 0) is 24.2 Å². The Labute approximate surface area is 133 Å². The van der Waals surface area contributed by atoms with Gasteiger partial charge < -0.3 is 10.5 Å². The topological polar surface area (TPSA) is 69.4 Å². The number of carbonyl (C=O) groups is 2. The Hall–Kier alpha value is -1.79. The van der Waals surface area contributed by atoms with Gasteiger partial charge in [-0.25, -0.2) is 0 Å². The maximum Gasteiger partial charge on any atom is 0.573 e. The molecule has 1 rings (SSSR count). The van der Waals surface area contributed by atoms with E-state index < -0.39 is 34.8 Å². The van der Waals surface area contributed by atoms with Crippen LogP contribution in [0.15, 0.2) is 22.6 Å².